The molecule has 0 fully saturated rings. The van der Waals surface area contributed by atoms with Crippen LogP contribution in [0.2, 0.25) is 0 Å². The van der Waals surface area contributed by atoms with Crippen LogP contribution in [0.4, 0.5) is 5.95 Å². The van der Waals surface area contributed by atoms with Crippen LogP contribution >= 0.6 is 0 Å². The molecule has 0 aliphatic heterocycles. The van der Waals surface area contributed by atoms with Crippen LogP contribution in [0.1, 0.15) is 35.4 Å². The van der Waals surface area contributed by atoms with Gasteiger partial charge in [0.2, 0.25) is 11.8 Å². The lowest BCUT2D eigenvalue weighted by atomic mass is 9.89. The molecule has 7 nitrogen and oxygen atoms in total. The molecule has 0 aliphatic rings. The second-order valence-corrected chi connectivity index (χ2v) is 8.63. The number of rotatable bonds is 12. The molecule has 184 valence electrons. The lowest BCUT2D eigenvalue weighted by Gasteiger charge is -2.33. The van der Waals surface area contributed by atoms with E-state index >= 15 is 0 Å². The maximum Gasteiger partial charge on any atom is 0.240 e. The van der Waals surface area contributed by atoms with Crippen molar-refractivity contribution in [3.8, 4) is 0 Å². The van der Waals surface area contributed by atoms with E-state index in [1.807, 2.05) is 91.0 Å². The van der Waals surface area contributed by atoms with Crippen LogP contribution < -0.4 is 11.1 Å². The predicted molar refractivity (Wildman–Crippen MR) is 141 cm³/mol. The minimum absolute atomic E-state index is 0.154. The van der Waals surface area contributed by atoms with Gasteiger partial charge in [-0.15, -0.1) is 0 Å². The summed E-state index contributed by atoms with van der Waals surface area (Å²) in [5.41, 5.74) is 8.59. The lowest BCUT2D eigenvalue weighted by Crippen LogP contribution is -2.49. The number of nitrogens with one attached hydrogen (secondary N) is 2. The molecule has 4 rings (SSSR count). The summed E-state index contributed by atoms with van der Waals surface area (Å²) in [6.07, 6.45) is 4.47. The number of imidazole rings is 1. The number of carbonyl (C=O) groups excluding carboxylic acids is 2. The number of aromatic nitrogens is 2. The number of hydrogen-bond acceptors (Lipinski definition) is 4. The van der Waals surface area contributed by atoms with Gasteiger partial charge in [-0.1, -0.05) is 91.0 Å². The van der Waals surface area contributed by atoms with E-state index in [9.17, 15) is 9.59 Å². The average molecular weight is 482 g/mol. The molecule has 1 aromatic heterocycles. The number of anilines is 1. The third kappa shape index (κ3) is 6.39. The third-order valence-electron chi connectivity index (χ3n) is 6.14. The van der Waals surface area contributed by atoms with E-state index in [4.69, 9.17) is 5.73 Å². The van der Waals surface area contributed by atoms with Crippen LogP contribution in [0, 0.1) is 0 Å². The number of primary amides is 1. The van der Waals surface area contributed by atoms with E-state index in [-0.39, 0.29) is 12.5 Å². The number of nitrogens with zero attached hydrogens (tertiary/aromatic N) is 2. The number of H-pyrrole nitrogens is 1. The second kappa shape index (κ2) is 12.4. The quantitative estimate of drug-likeness (QED) is 0.262. The van der Waals surface area contributed by atoms with Crippen molar-refractivity contribution in [1.82, 2.24) is 14.9 Å². The minimum Gasteiger partial charge on any atom is -0.368 e. The fourth-order valence-corrected chi connectivity index (χ4v) is 4.37. The highest BCUT2D eigenvalue weighted by Gasteiger charge is 2.34. The first-order valence-electron chi connectivity index (χ1n) is 12.1. The Hall–Kier alpha value is -4.39. The highest BCUT2D eigenvalue weighted by molar-refractivity contribution is 5.92. The van der Waals surface area contributed by atoms with Crippen LogP contribution in [0.15, 0.2) is 103 Å². The molecule has 2 amide bonds. The largest absolute Gasteiger partial charge is 0.368 e. The molecule has 0 saturated heterocycles. The maximum absolute atomic E-state index is 14.3. The van der Waals surface area contributed by atoms with Crippen molar-refractivity contribution < 1.29 is 9.59 Å². The number of carbonyl (C=O) groups is 2. The molecule has 1 atom stereocenters. The van der Waals surface area contributed by atoms with Gasteiger partial charge in [0, 0.05) is 25.5 Å². The zero-order valence-electron chi connectivity index (χ0n) is 20.1. The molecule has 3 aromatic carbocycles. The van der Waals surface area contributed by atoms with Crippen LogP contribution in [-0.4, -0.2) is 39.3 Å². The number of nitrogens with two attached hydrogens (primary N) is 1. The van der Waals surface area contributed by atoms with Gasteiger partial charge in [0.05, 0.1) is 5.92 Å². The Balaban J connectivity index is 1.64. The molecular weight excluding hydrogens is 450 g/mol. The number of amides is 2. The Morgan fingerprint density at radius 2 is 1.47 bits per heavy atom. The Bertz CT molecular complexity index is 1180. The van der Waals surface area contributed by atoms with Gasteiger partial charge in [0.1, 0.15) is 6.04 Å². The standard InChI is InChI=1S/C29H31N5O2/c30-27(35)25(17-10-18-31-29-32-19-20-33-29)34(21-22-11-4-1-5-12-22)28(36)26(23-13-6-2-7-14-23)24-15-8-3-9-16-24/h1-9,11-16,19-20,25-26H,10,17-18,21H2,(H2,30,35)(H2,31,32,33)/t25-/m1/s1. The molecule has 7 heteroatoms. The van der Waals surface area contributed by atoms with E-state index in [0.29, 0.717) is 25.3 Å². The van der Waals surface area contributed by atoms with Crippen LogP contribution in [0.25, 0.3) is 0 Å². The summed E-state index contributed by atoms with van der Waals surface area (Å²) in [7, 11) is 0. The maximum atomic E-state index is 14.3. The number of aromatic amines is 1. The van der Waals surface area contributed by atoms with Gasteiger partial charge in [-0.3, -0.25) is 9.59 Å². The monoisotopic (exact) mass is 481 g/mol. The normalized spacial score (nSPS) is 11.7. The lowest BCUT2D eigenvalue weighted by molar-refractivity contribution is -0.140. The molecule has 0 unspecified atom stereocenters. The fraction of sp³-hybridized carbons (Fsp3) is 0.207. The van der Waals surface area contributed by atoms with Gasteiger partial charge >= 0.3 is 0 Å². The molecule has 0 saturated carbocycles. The zero-order valence-corrected chi connectivity index (χ0v) is 20.1. The van der Waals surface area contributed by atoms with Crippen LogP contribution in [0.5, 0.6) is 0 Å². The minimum atomic E-state index is -0.758. The molecule has 4 N–H and O–H groups in total. The van der Waals surface area contributed by atoms with Crippen molar-refractivity contribution in [1.29, 1.82) is 0 Å². The van der Waals surface area contributed by atoms with Crippen molar-refractivity contribution in [2.45, 2.75) is 31.3 Å². The second-order valence-electron chi connectivity index (χ2n) is 8.63. The molecule has 0 aliphatic carbocycles. The number of hydrogen-bond donors (Lipinski definition) is 3. The predicted octanol–water partition coefficient (Wildman–Crippen LogP) is 4.32. The van der Waals surface area contributed by atoms with E-state index in [0.717, 1.165) is 16.7 Å². The first-order valence-corrected chi connectivity index (χ1v) is 12.1. The Morgan fingerprint density at radius 3 is 2.00 bits per heavy atom. The summed E-state index contributed by atoms with van der Waals surface area (Å²) in [5, 5.41) is 3.19. The molecule has 36 heavy (non-hydrogen) atoms. The van der Waals surface area contributed by atoms with Gasteiger partial charge in [-0.05, 0) is 29.5 Å². The van der Waals surface area contributed by atoms with Gasteiger partial charge in [0.25, 0.3) is 0 Å². The SMILES string of the molecule is NC(=O)[C@@H](CCCNc1ncc[nH]1)N(Cc1ccccc1)C(=O)C(c1ccccc1)c1ccccc1. The van der Waals surface area contributed by atoms with Gasteiger partial charge in [-0.25, -0.2) is 4.98 Å². The Morgan fingerprint density at radius 1 is 0.889 bits per heavy atom. The molecule has 0 bridgehead atoms. The summed E-state index contributed by atoms with van der Waals surface area (Å²) < 4.78 is 0. The van der Waals surface area contributed by atoms with Crippen molar-refractivity contribution in [2.75, 3.05) is 11.9 Å². The summed E-state index contributed by atoms with van der Waals surface area (Å²) >= 11 is 0. The van der Waals surface area contributed by atoms with Gasteiger partial charge < -0.3 is 20.9 Å². The fourth-order valence-electron chi connectivity index (χ4n) is 4.37. The van der Waals surface area contributed by atoms with Crippen molar-refractivity contribution >= 4 is 17.8 Å². The van der Waals surface area contributed by atoms with E-state index in [1.54, 1.807) is 17.3 Å². The van der Waals surface area contributed by atoms with Crippen LogP contribution in [-0.2, 0) is 16.1 Å². The van der Waals surface area contributed by atoms with E-state index in [1.165, 1.54) is 0 Å². The highest BCUT2D eigenvalue weighted by atomic mass is 16.2. The van der Waals surface area contributed by atoms with E-state index < -0.39 is 17.9 Å². The summed E-state index contributed by atoms with van der Waals surface area (Å²) in [6, 6.07) is 28.3. The number of benzene rings is 3. The van der Waals surface area contributed by atoms with Crippen LogP contribution in [0.3, 0.4) is 0 Å². The average Bonchev–Trinajstić information content (AvgIpc) is 3.43. The third-order valence-corrected chi connectivity index (χ3v) is 6.14. The molecular formula is C29H31N5O2. The highest BCUT2D eigenvalue weighted by Crippen LogP contribution is 2.29. The van der Waals surface area contributed by atoms with Gasteiger partial charge in [-0.2, -0.15) is 0 Å². The Kier molecular flexibility index (Phi) is 8.48. The first kappa shape index (κ1) is 24.7. The smallest absolute Gasteiger partial charge is 0.240 e. The summed E-state index contributed by atoms with van der Waals surface area (Å²) in [4.78, 5) is 35.8. The molecule has 4 aromatic rings. The van der Waals surface area contributed by atoms with Crippen molar-refractivity contribution in [3.05, 3.63) is 120 Å². The van der Waals surface area contributed by atoms with Crippen molar-refractivity contribution in [2.24, 2.45) is 5.73 Å². The molecule has 0 spiro atoms. The van der Waals surface area contributed by atoms with E-state index in [2.05, 4.69) is 15.3 Å². The molecule has 0 radical (unpaired) electrons. The topological polar surface area (TPSA) is 104 Å². The van der Waals surface area contributed by atoms with Gasteiger partial charge in [0.15, 0.2) is 5.95 Å². The summed E-state index contributed by atoms with van der Waals surface area (Å²) in [5.74, 6) is -0.563. The molecule has 1 heterocycles. The van der Waals surface area contributed by atoms with Crippen molar-refractivity contribution in [3.63, 3.8) is 0 Å². The summed E-state index contributed by atoms with van der Waals surface area (Å²) in [6.45, 7) is 0.876. The first-order chi connectivity index (χ1) is 17.6. The Labute approximate surface area is 211 Å². The zero-order chi connectivity index (χ0) is 25.2.